The molecule has 0 aliphatic rings. The van der Waals surface area contributed by atoms with Crippen LogP contribution in [0.5, 0.6) is 0 Å². The summed E-state index contributed by atoms with van der Waals surface area (Å²) in [6, 6.07) is 0. The lowest BCUT2D eigenvalue weighted by Gasteiger charge is -1.98. The van der Waals surface area contributed by atoms with Crippen LogP contribution in [0.3, 0.4) is 0 Å². The highest BCUT2D eigenvalue weighted by Gasteiger charge is 2.15. The zero-order valence-electron chi connectivity index (χ0n) is 5.17. The molecule has 0 bridgehead atoms. The van der Waals surface area contributed by atoms with Crippen LogP contribution in [0.2, 0.25) is 0 Å². The Kier molecular flexibility index (Phi) is 6.70. The van der Waals surface area contributed by atoms with Gasteiger partial charge in [-0.15, -0.1) is 32.6 Å². The summed E-state index contributed by atoms with van der Waals surface area (Å²) in [6.07, 6.45) is 0.576. The predicted molar refractivity (Wildman–Crippen MR) is 40.8 cm³/mol. The van der Waals surface area contributed by atoms with Crippen molar-refractivity contribution >= 4 is 31.5 Å². The van der Waals surface area contributed by atoms with E-state index in [4.69, 9.17) is 28.1 Å². The van der Waals surface area contributed by atoms with E-state index in [0.717, 1.165) is 0 Å². The molecule has 1 N–H and O–H groups in total. The fraction of sp³-hybridized carbons (Fsp3) is 1.00. The molecule has 3 nitrogen and oxygen atoms in total. The zero-order valence-corrected chi connectivity index (χ0v) is 7.57. The summed E-state index contributed by atoms with van der Waals surface area (Å²) in [5, 5.41) is -0.274. The van der Waals surface area contributed by atoms with Gasteiger partial charge in [0.05, 0.1) is 5.38 Å². The SMILES string of the molecule is O=[P+](O)OCC(Cl)CCCl. The number of hydrogen-bond donors (Lipinski definition) is 1. The fourth-order valence-corrected chi connectivity index (χ4v) is 1.29. The molecule has 2 atom stereocenters. The lowest BCUT2D eigenvalue weighted by atomic mass is 10.3. The standard InChI is InChI=1S/C4H7Cl2O3P/c5-2-1-4(6)3-9-10(7)8/h4H,1-3H2/p+1. The molecule has 0 spiro atoms. The Morgan fingerprint density at radius 1 is 1.70 bits per heavy atom. The van der Waals surface area contributed by atoms with Gasteiger partial charge in [-0.25, -0.2) is 0 Å². The van der Waals surface area contributed by atoms with Crippen molar-refractivity contribution in [2.24, 2.45) is 0 Å². The second-order valence-corrected chi connectivity index (χ2v) is 3.34. The second-order valence-electron chi connectivity index (χ2n) is 1.61. The van der Waals surface area contributed by atoms with Gasteiger partial charge in [-0.2, -0.15) is 0 Å². The van der Waals surface area contributed by atoms with E-state index < -0.39 is 8.25 Å². The first-order valence-electron chi connectivity index (χ1n) is 2.66. The average Bonchev–Trinajstić information content (AvgIpc) is 1.85. The van der Waals surface area contributed by atoms with Crippen LogP contribution in [0.4, 0.5) is 0 Å². The number of alkyl halides is 2. The van der Waals surface area contributed by atoms with Crippen molar-refractivity contribution in [2.45, 2.75) is 11.8 Å². The molecule has 0 saturated heterocycles. The summed E-state index contributed by atoms with van der Waals surface area (Å²) in [7, 11) is -2.52. The Hall–Kier alpha value is 0.600. The van der Waals surface area contributed by atoms with Gasteiger partial charge in [0.2, 0.25) is 0 Å². The minimum Gasteiger partial charge on any atom is -0.133 e. The first-order valence-corrected chi connectivity index (χ1v) is 4.76. The molecule has 10 heavy (non-hydrogen) atoms. The third-order valence-corrected chi connectivity index (χ3v) is 1.72. The van der Waals surface area contributed by atoms with Crippen molar-refractivity contribution in [3.8, 4) is 0 Å². The molecule has 6 heteroatoms. The van der Waals surface area contributed by atoms with Crippen LogP contribution in [0.1, 0.15) is 6.42 Å². The van der Waals surface area contributed by atoms with Crippen LogP contribution in [-0.4, -0.2) is 22.8 Å². The number of halogens is 2. The summed E-state index contributed by atoms with van der Waals surface area (Å²) in [5.74, 6) is 0.430. The van der Waals surface area contributed by atoms with Gasteiger partial charge in [-0.1, -0.05) is 0 Å². The number of rotatable bonds is 5. The molecule has 0 aliphatic carbocycles. The normalized spacial score (nSPS) is 14.9. The third kappa shape index (κ3) is 6.72. The average molecular weight is 206 g/mol. The monoisotopic (exact) mass is 205 g/mol. The minimum absolute atomic E-state index is 0.0694. The van der Waals surface area contributed by atoms with Crippen molar-refractivity contribution in [3.63, 3.8) is 0 Å². The van der Waals surface area contributed by atoms with Crippen molar-refractivity contribution < 1.29 is 14.0 Å². The van der Waals surface area contributed by atoms with Crippen molar-refractivity contribution in [3.05, 3.63) is 0 Å². The smallest absolute Gasteiger partial charge is 0.133 e. The Balaban J connectivity index is 3.21. The molecule has 0 fully saturated rings. The third-order valence-electron chi connectivity index (χ3n) is 0.788. The molecule has 0 heterocycles. The summed E-state index contributed by atoms with van der Waals surface area (Å²) in [6.45, 7) is 0.0694. The Bertz CT molecular complexity index is 111. The van der Waals surface area contributed by atoms with E-state index in [2.05, 4.69) is 4.52 Å². The summed E-state index contributed by atoms with van der Waals surface area (Å²) in [5.41, 5.74) is 0. The molecule has 0 aromatic rings. The van der Waals surface area contributed by atoms with Gasteiger partial charge < -0.3 is 0 Å². The van der Waals surface area contributed by atoms with Gasteiger partial charge in [-0.05, 0) is 6.42 Å². The van der Waals surface area contributed by atoms with Crippen molar-refractivity contribution in [1.82, 2.24) is 0 Å². The van der Waals surface area contributed by atoms with E-state index in [9.17, 15) is 4.57 Å². The molecule has 0 rings (SSSR count). The lowest BCUT2D eigenvalue weighted by molar-refractivity contribution is 0.279. The number of hydrogen-bond acceptors (Lipinski definition) is 2. The second kappa shape index (κ2) is 6.32. The first-order chi connectivity index (χ1) is 4.66. The summed E-state index contributed by atoms with van der Waals surface area (Å²) in [4.78, 5) is 8.16. The molecule has 60 valence electrons. The molecular formula is C4H8Cl2O3P+. The lowest BCUT2D eigenvalue weighted by Crippen LogP contribution is -2.06. The van der Waals surface area contributed by atoms with Gasteiger partial charge in [0.25, 0.3) is 0 Å². The largest absolute Gasteiger partial charge is 0.694 e. The topological polar surface area (TPSA) is 46.5 Å². The molecular weight excluding hydrogens is 198 g/mol. The van der Waals surface area contributed by atoms with Crippen LogP contribution in [-0.2, 0) is 9.09 Å². The van der Waals surface area contributed by atoms with Crippen molar-refractivity contribution in [2.75, 3.05) is 12.5 Å². The maximum Gasteiger partial charge on any atom is 0.694 e. The van der Waals surface area contributed by atoms with Gasteiger partial charge in [0.1, 0.15) is 6.61 Å². The molecule has 2 unspecified atom stereocenters. The molecule has 0 aliphatic heterocycles. The van der Waals surface area contributed by atoms with E-state index in [-0.39, 0.29) is 12.0 Å². The van der Waals surface area contributed by atoms with Crippen LogP contribution < -0.4 is 0 Å². The highest BCUT2D eigenvalue weighted by Crippen LogP contribution is 2.17. The molecule has 0 aromatic carbocycles. The van der Waals surface area contributed by atoms with Gasteiger partial charge >= 0.3 is 8.25 Å². The quantitative estimate of drug-likeness (QED) is 0.551. The van der Waals surface area contributed by atoms with E-state index in [1.807, 2.05) is 0 Å². The Morgan fingerprint density at radius 3 is 2.70 bits per heavy atom. The molecule has 0 amide bonds. The molecule has 0 aromatic heterocycles. The minimum atomic E-state index is -2.52. The first kappa shape index (κ1) is 10.6. The van der Waals surface area contributed by atoms with E-state index in [0.29, 0.717) is 12.3 Å². The maximum atomic E-state index is 9.94. The molecule has 0 radical (unpaired) electrons. The van der Waals surface area contributed by atoms with Crippen LogP contribution in [0, 0.1) is 0 Å². The van der Waals surface area contributed by atoms with Gasteiger partial charge in [-0.3, -0.25) is 0 Å². The molecule has 0 saturated carbocycles. The Morgan fingerprint density at radius 2 is 2.30 bits per heavy atom. The van der Waals surface area contributed by atoms with Gasteiger partial charge in [0.15, 0.2) is 0 Å². The van der Waals surface area contributed by atoms with Crippen LogP contribution >= 0.6 is 31.5 Å². The highest BCUT2D eigenvalue weighted by molar-refractivity contribution is 7.32. The maximum absolute atomic E-state index is 9.94. The summed E-state index contributed by atoms with van der Waals surface area (Å²) >= 11 is 10.9. The fourth-order valence-electron chi connectivity index (χ4n) is 0.346. The van der Waals surface area contributed by atoms with Gasteiger partial charge in [0, 0.05) is 10.4 Å². The predicted octanol–water partition coefficient (Wildman–Crippen LogP) is 1.89. The van der Waals surface area contributed by atoms with E-state index in [1.54, 1.807) is 0 Å². The van der Waals surface area contributed by atoms with E-state index in [1.165, 1.54) is 0 Å². The van der Waals surface area contributed by atoms with Crippen LogP contribution in [0.25, 0.3) is 0 Å². The van der Waals surface area contributed by atoms with Crippen molar-refractivity contribution in [1.29, 1.82) is 0 Å². The summed E-state index contributed by atoms with van der Waals surface area (Å²) < 4.78 is 14.3. The Labute approximate surface area is 70.2 Å². The van der Waals surface area contributed by atoms with E-state index >= 15 is 0 Å². The zero-order chi connectivity index (χ0) is 7.98. The van der Waals surface area contributed by atoms with Crippen LogP contribution in [0.15, 0.2) is 0 Å². The highest BCUT2D eigenvalue weighted by atomic mass is 35.5.